The Balaban J connectivity index is 2.10. The summed E-state index contributed by atoms with van der Waals surface area (Å²) in [6.45, 7) is 6.64. The molecular weight excluding hydrogens is 212 g/mol. The third-order valence-electron chi connectivity index (χ3n) is 3.81. The molecule has 96 valence electrons. The predicted octanol–water partition coefficient (Wildman–Crippen LogP) is 2.69. The van der Waals surface area contributed by atoms with E-state index in [0.29, 0.717) is 11.5 Å². The van der Waals surface area contributed by atoms with Crippen molar-refractivity contribution in [2.75, 3.05) is 11.1 Å². The average molecular weight is 236 g/mol. The monoisotopic (exact) mass is 236 g/mol. The van der Waals surface area contributed by atoms with Crippen molar-refractivity contribution in [3.63, 3.8) is 0 Å². The fourth-order valence-electron chi connectivity index (χ4n) is 2.86. The van der Waals surface area contributed by atoms with E-state index in [2.05, 4.69) is 24.3 Å². The Labute approximate surface area is 104 Å². The number of anilines is 2. The standard InChI is InChI=1S/C13H24N4/c1-9-11(14)12(17(4)16-9)15-10-6-5-7-13(2,3)8-10/h10,15H,5-8,14H2,1-4H3. The van der Waals surface area contributed by atoms with Crippen LogP contribution in [-0.2, 0) is 7.05 Å². The van der Waals surface area contributed by atoms with Gasteiger partial charge in [-0.2, -0.15) is 5.10 Å². The second-order valence-corrected chi connectivity index (χ2v) is 6.07. The SMILES string of the molecule is Cc1nn(C)c(NC2CCCC(C)(C)C2)c1N. The first-order valence-electron chi connectivity index (χ1n) is 6.45. The molecule has 1 fully saturated rings. The van der Waals surface area contributed by atoms with Gasteiger partial charge in [-0.15, -0.1) is 0 Å². The van der Waals surface area contributed by atoms with Gasteiger partial charge in [0.1, 0.15) is 5.82 Å². The molecule has 1 aromatic heterocycles. The van der Waals surface area contributed by atoms with Crippen molar-refractivity contribution in [3.8, 4) is 0 Å². The highest BCUT2D eigenvalue weighted by Gasteiger charge is 2.28. The molecule has 4 heteroatoms. The molecule has 0 spiro atoms. The summed E-state index contributed by atoms with van der Waals surface area (Å²) in [4.78, 5) is 0. The third kappa shape index (κ3) is 2.56. The van der Waals surface area contributed by atoms with Gasteiger partial charge in [-0.25, -0.2) is 0 Å². The first-order chi connectivity index (χ1) is 7.89. The molecule has 1 unspecified atom stereocenters. The van der Waals surface area contributed by atoms with Crippen LogP contribution in [0.15, 0.2) is 0 Å². The van der Waals surface area contributed by atoms with E-state index in [0.717, 1.165) is 17.2 Å². The molecule has 1 heterocycles. The third-order valence-corrected chi connectivity index (χ3v) is 3.81. The summed E-state index contributed by atoms with van der Waals surface area (Å²) in [7, 11) is 1.94. The molecule has 2 rings (SSSR count). The molecule has 1 saturated carbocycles. The van der Waals surface area contributed by atoms with Crippen molar-refractivity contribution >= 4 is 11.5 Å². The van der Waals surface area contributed by atoms with Crippen molar-refractivity contribution in [1.82, 2.24) is 9.78 Å². The van der Waals surface area contributed by atoms with Crippen LogP contribution in [0.2, 0.25) is 0 Å². The summed E-state index contributed by atoms with van der Waals surface area (Å²) in [6.07, 6.45) is 5.05. The van der Waals surface area contributed by atoms with Crippen molar-refractivity contribution in [2.45, 2.75) is 52.5 Å². The predicted molar refractivity (Wildman–Crippen MR) is 72.0 cm³/mol. The number of rotatable bonds is 2. The molecule has 17 heavy (non-hydrogen) atoms. The van der Waals surface area contributed by atoms with Crippen LogP contribution < -0.4 is 11.1 Å². The normalized spacial score (nSPS) is 23.6. The highest BCUT2D eigenvalue weighted by Crippen LogP contribution is 2.37. The Morgan fingerprint density at radius 3 is 2.71 bits per heavy atom. The van der Waals surface area contributed by atoms with Gasteiger partial charge in [0, 0.05) is 13.1 Å². The van der Waals surface area contributed by atoms with Crippen LogP contribution in [0.25, 0.3) is 0 Å². The molecule has 1 aromatic rings. The Bertz CT molecular complexity index is 406. The van der Waals surface area contributed by atoms with Crippen molar-refractivity contribution in [2.24, 2.45) is 12.5 Å². The topological polar surface area (TPSA) is 55.9 Å². The maximum Gasteiger partial charge on any atom is 0.147 e. The van der Waals surface area contributed by atoms with Crippen molar-refractivity contribution in [3.05, 3.63) is 5.69 Å². The molecule has 0 radical (unpaired) electrons. The zero-order chi connectivity index (χ0) is 12.6. The van der Waals surface area contributed by atoms with E-state index in [1.165, 1.54) is 25.7 Å². The zero-order valence-corrected chi connectivity index (χ0v) is 11.4. The molecule has 0 saturated heterocycles. The van der Waals surface area contributed by atoms with Crippen LogP contribution in [0.4, 0.5) is 11.5 Å². The van der Waals surface area contributed by atoms with E-state index in [9.17, 15) is 0 Å². The number of nitrogens with two attached hydrogens (primary N) is 1. The largest absolute Gasteiger partial charge is 0.394 e. The fraction of sp³-hybridized carbons (Fsp3) is 0.769. The van der Waals surface area contributed by atoms with E-state index >= 15 is 0 Å². The molecule has 0 bridgehead atoms. The van der Waals surface area contributed by atoms with Gasteiger partial charge in [0.05, 0.1) is 11.4 Å². The summed E-state index contributed by atoms with van der Waals surface area (Å²) in [5, 5.41) is 7.91. The molecule has 4 nitrogen and oxygen atoms in total. The van der Waals surface area contributed by atoms with E-state index in [1.807, 2.05) is 18.7 Å². The second-order valence-electron chi connectivity index (χ2n) is 6.07. The molecular formula is C13H24N4. The van der Waals surface area contributed by atoms with E-state index < -0.39 is 0 Å². The lowest BCUT2D eigenvalue weighted by Gasteiger charge is -2.36. The average Bonchev–Trinajstić information content (AvgIpc) is 2.44. The zero-order valence-electron chi connectivity index (χ0n) is 11.4. The smallest absolute Gasteiger partial charge is 0.147 e. The molecule has 1 aliphatic rings. The van der Waals surface area contributed by atoms with Gasteiger partial charge in [-0.3, -0.25) is 4.68 Å². The number of nitrogens with zero attached hydrogens (tertiary/aromatic N) is 2. The van der Waals surface area contributed by atoms with Gasteiger partial charge in [0.2, 0.25) is 0 Å². The van der Waals surface area contributed by atoms with Gasteiger partial charge >= 0.3 is 0 Å². The molecule has 1 atom stereocenters. The Morgan fingerprint density at radius 2 is 2.18 bits per heavy atom. The minimum absolute atomic E-state index is 0.443. The number of hydrogen-bond donors (Lipinski definition) is 2. The Kier molecular flexibility index (Phi) is 3.06. The molecule has 0 amide bonds. The van der Waals surface area contributed by atoms with Crippen LogP contribution in [0.1, 0.15) is 45.2 Å². The number of aromatic nitrogens is 2. The highest BCUT2D eigenvalue weighted by atomic mass is 15.3. The minimum atomic E-state index is 0.443. The van der Waals surface area contributed by atoms with Crippen molar-refractivity contribution in [1.29, 1.82) is 0 Å². The van der Waals surface area contributed by atoms with Crippen LogP contribution >= 0.6 is 0 Å². The van der Waals surface area contributed by atoms with Gasteiger partial charge in [0.15, 0.2) is 0 Å². The van der Waals surface area contributed by atoms with Gasteiger partial charge in [-0.05, 0) is 31.6 Å². The summed E-state index contributed by atoms with van der Waals surface area (Å²) >= 11 is 0. The molecule has 1 aliphatic carbocycles. The highest BCUT2D eigenvalue weighted by molar-refractivity contribution is 5.64. The second kappa shape index (κ2) is 4.24. The summed E-state index contributed by atoms with van der Waals surface area (Å²) in [5.41, 5.74) is 8.18. The summed E-state index contributed by atoms with van der Waals surface area (Å²) in [5.74, 6) is 0.977. The van der Waals surface area contributed by atoms with E-state index in [1.54, 1.807) is 0 Å². The first kappa shape index (κ1) is 12.3. The first-order valence-corrected chi connectivity index (χ1v) is 6.45. The van der Waals surface area contributed by atoms with E-state index in [4.69, 9.17) is 5.73 Å². The van der Waals surface area contributed by atoms with Crippen LogP contribution in [0, 0.1) is 12.3 Å². The maximum atomic E-state index is 6.04. The number of nitrogens with one attached hydrogen (secondary N) is 1. The number of nitrogen functional groups attached to an aromatic ring is 1. The van der Waals surface area contributed by atoms with Crippen LogP contribution in [0.5, 0.6) is 0 Å². The molecule has 0 aliphatic heterocycles. The quantitative estimate of drug-likeness (QED) is 0.830. The Morgan fingerprint density at radius 1 is 1.47 bits per heavy atom. The Hall–Kier alpha value is -1.19. The van der Waals surface area contributed by atoms with Crippen LogP contribution in [-0.4, -0.2) is 15.8 Å². The van der Waals surface area contributed by atoms with Crippen molar-refractivity contribution < 1.29 is 0 Å². The maximum absolute atomic E-state index is 6.04. The lowest BCUT2D eigenvalue weighted by Crippen LogP contribution is -2.32. The fourth-order valence-corrected chi connectivity index (χ4v) is 2.86. The summed E-state index contributed by atoms with van der Waals surface area (Å²) < 4.78 is 1.85. The lowest BCUT2D eigenvalue weighted by molar-refractivity contribution is 0.229. The minimum Gasteiger partial charge on any atom is -0.394 e. The molecule has 3 N–H and O–H groups in total. The van der Waals surface area contributed by atoms with E-state index in [-0.39, 0.29) is 0 Å². The van der Waals surface area contributed by atoms with Gasteiger partial charge < -0.3 is 11.1 Å². The number of aryl methyl sites for hydroxylation is 2. The van der Waals surface area contributed by atoms with Gasteiger partial charge in [-0.1, -0.05) is 20.3 Å². The molecule has 0 aromatic carbocycles. The summed E-state index contributed by atoms with van der Waals surface area (Å²) in [6, 6.07) is 0.524. The number of hydrogen-bond acceptors (Lipinski definition) is 3. The van der Waals surface area contributed by atoms with Gasteiger partial charge in [0.25, 0.3) is 0 Å². The van der Waals surface area contributed by atoms with Crippen LogP contribution in [0.3, 0.4) is 0 Å². The lowest BCUT2D eigenvalue weighted by atomic mass is 9.75.